The lowest BCUT2D eigenvalue weighted by molar-refractivity contribution is -0.0489. The number of benzene rings is 2. The van der Waals surface area contributed by atoms with Crippen molar-refractivity contribution in [3.8, 4) is 10.4 Å². The van der Waals surface area contributed by atoms with Crippen molar-refractivity contribution in [1.82, 2.24) is 9.88 Å². The first-order chi connectivity index (χ1) is 14.5. The standard InChI is InChI=1S/C24H24ClN3OS/c1-16-27-21(22(30-16)18-5-3-2-4-6-18)23(29)28-12-11-17-13-24(28,14-17)15-26-20-9-7-19(25)8-10-20/h2-10,17,26H,11-15H2,1H3. The van der Waals surface area contributed by atoms with Gasteiger partial charge in [0.1, 0.15) is 5.69 Å². The van der Waals surface area contributed by atoms with Crippen LogP contribution in [-0.4, -0.2) is 34.4 Å². The fourth-order valence-electron chi connectivity index (χ4n) is 4.86. The number of nitrogens with zero attached hydrogens (tertiary/aromatic N) is 2. The fourth-order valence-corrected chi connectivity index (χ4v) is 5.91. The molecule has 3 aromatic rings. The summed E-state index contributed by atoms with van der Waals surface area (Å²) < 4.78 is 0. The van der Waals surface area contributed by atoms with Crippen molar-refractivity contribution in [2.75, 3.05) is 18.4 Å². The first kappa shape index (κ1) is 19.6. The molecule has 3 heterocycles. The Morgan fingerprint density at radius 2 is 1.93 bits per heavy atom. The molecule has 0 unspecified atom stereocenters. The van der Waals surface area contributed by atoms with E-state index in [9.17, 15) is 4.79 Å². The van der Waals surface area contributed by atoms with E-state index in [1.165, 1.54) is 0 Å². The van der Waals surface area contributed by atoms with E-state index < -0.39 is 0 Å². The highest BCUT2D eigenvalue weighted by Crippen LogP contribution is 2.49. The van der Waals surface area contributed by atoms with E-state index in [-0.39, 0.29) is 11.4 Å². The minimum atomic E-state index is -0.134. The monoisotopic (exact) mass is 437 g/mol. The molecule has 0 spiro atoms. The number of anilines is 1. The highest BCUT2D eigenvalue weighted by Gasteiger charge is 2.54. The van der Waals surface area contributed by atoms with Crippen molar-refractivity contribution in [3.05, 3.63) is 70.3 Å². The number of carbonyl (C=O) groups is 1. The molecule has 154 valence electrons. The third kappa shape index (κ3) is 3.50. The van der Waals surface area contributed by atoms with Crippen LogP contribution in [0.1, 0.15) is 34.8 Å². The van der Waals surface area contributed by atoms with Crippen molar-refractivity contribution >= 4 is 34.5 Å². The number of rotatable bonds is 5. The van der Waals surface area contributed by atoms with E-state index in [1.54, 1.807) is 11.3 Å². The predicted molar refractivity (Wildman–Crippen MR) is 123 cm³/mol. The maximum absolute atomic E-state index is 13.7. The topological polar surface area (TPSA) is 45.2 Å². The molecule has 0 radical (unpaired) electrons. The predicted octanol–water partition coefficient (Wildman–Crippen LogP) is 5.88. The average Bonchev–Trinajstić information content (AvgIpc) is 3.14. The zero-order valence-electron chi connectivity index (χ0n) is 16.9. The van der Waals surface area contributed by atoms with E-state index in [4.69, 9.17) is 11.6 Å². The minimum absolute atomic E-state index is 0.0641. The van der Waals surface area contributed by atoms with Gasteiger partial charge in [-0.15, -0.1) is 11.3 Å². The van der Waals surface area contributed by atoms with Gasteiger partial charge in [-0.2, -0.15) is 0 Å². The molecule has 1 N–H and O–H groups in total. The highest BCUT2D eigenvalue weighted by atomic mass is 35.5. The lowest BCUT2D eigenvalue weighted by Crippen LogP contribution is -2.67. The van der Waals surface area contributed by atoms with Gasteiger partial charge in [0.05, 0.1) is 15.4 Å². The Balaban J connectivity index is 1.41. The van der Waals surface area contributed by atoms with E-state index in [0.29, 0.717) is 5.69 Å². The molecule has 4 nitrogen and oxygen atoms in total. The Kier molecular flexibility index (Phi) is 5.03. The van der Waals surface area contributed by atoms with Gasteiger partial charge in [-0.05, 0) is 61.9 Å². The average molecular weight is 438 g/mol. The number of hydrogen-bond acceptors (Lipinski definition) is 4. The second-order valence-corrected chi connectivity index (χ2v) is 10.0. The van der Waals surface area contributed by atoms with Gasteiger partial charge in [-0.1, -0.05) is 41.9 Å². The van der Waals surface area contributed by atoms with Gasteiger partial charge < -0.3 is 10.2 Å². The summed E-state index contributed by atoms with van der Waals surface area (Å²) in [6, 6.07) is 17.9. The van der Waals surface area contributed by atoms with E-state index in [2.05, 4.69) is 27.3 Å². The zero-order chi connectivity index (χ0) is 20.7. The van der Waals surface area contributed by atoms with Crippen LogP contribution in [-0.2, 0) is 0 Å². The van der Waals surface area contributed by atoms with Gasteiger partial charge in [-0.3, -0.25) is 4.79 Å². The molecule has 0 atom stereocenters. The Hall–Kier alpha value is -2.37. The molecule has 30 heavy (non-hydrogen) atoms. The summed E-state index contributed by atoms with van der Waals surface area (Å²) in [5.74, 6) is 0.793. The number of thiazole rings is 1. The number of aryl methyl sites for hydroxylation is 1. The van der Waals surface area contributed by atoms with Crippen LogP contribution in [0.2, 0.25) is 5.02 Å². The third-order valence-corrected chi connectivity index (χ3v) is 7.63. The van der Waals surface area contributed by atoms with Crippen LogP contribution in [0, 0.1) is 12.8 Å². The maximum Gasteiger partial charge on any atom is 0.274 e. The van der Waals surface area contributed by atoms with Crippen LogP contribution in [0.4, 0.5) is 5.69 Å². The van der Waals surface area contributed by atoms with Crippen molar-refractivity contribution < 1.29 is 4.79 Å². The summed E-state index contributed by atoms with van der Waals surface area (Å²) in [6.07, 6.45) is 3.20. The molecule has 6 heteroatoms. The lowest BCUT2D eigenvalue weighted by atomic mass is 9.62. The molecular weight excluding hydrogens is 414 g/mol. The van der Waals surface area contributed by atoms with Gasteiger partial charge in [0.25, 0.3) is 5.91 Å². The molecule has 1 aromatic heterocycles. The minimum Gasteiger partial charge on any atom is -0.383 e. The van der Waals surface area contributed by atoms with Crippen molar-refractivity contribution in [2.24, 2.45) is 5.92 Å². The summed E-state index contributed by atoms with van der Waals surface area (Å²) >= 11 is 7.61. The summed E-state index contributed by atoms with van der Waals surface area (Å²) in [7, 11) is 0. The van der Waals surface area contributed by atoms with Crippen LogP contribution in [0.25, 0.3) is 10.4 Å². The summed E-state index contributed by atoms with van der Waals surface area (Å²) in [6.45, 7) is 3.53. The first-order valence-electron chi connectivity index (χ1n) is 10.4. The quantitative estimate of drug-likeness (QED) is 0.542. The molecule has 1 saturated carbocycles. The second-order valence-electron chi connectivity index (χ2n) is 8.38. The molecule has 2 bridgehead atoms. The molecule has 6 rings (SSSR count). The molecule has 1 aliphatic carbocycles. The molecule has 2 aromatic carbocycles. The molecule has 1 amide bonds. The molecule has 2 saturated heterocycles. The smallest absolute Gasteiger partial charge is 0.274 e. The number of amides is 1. The Morgan fingerprint density at radius 3 is 2.67 bits per heavy atom. The Morgan fingerprint density at radius 1 is 1.20 bits per heavy atom. The number of piperidine rings is 2. The van der Waals surface area contributed by atoms with Crippen LogP contribution < -0.4 is 5.32 Å². The fraction of sp³-hybridized carbons (Fsp3) is 0.333. The third-order valence-electron chi connectivity index (χ3n) is 6.35. The van der Waals surface area contributed by atoms with Crippen LogP contribution in [0.5, 0.6) is 0 Å². The van der Waals surface area contributed by atoms with Crippen molar-refractivity contribution in [1.29, 1.82) is 0 Å². The van der Waals surface area contributed by atoms with E-state index in [0.717, 1.165) is 64.4 Å². The molecule has 3 fully saturated rings. The summed E-state index contributed by atoms with van der Waals surface area (Å²) in [5, 5.41) is 5.19. The zero-order valence-corrected chi connectivity index (χ0v) is 18.5. The number of halogens is 1. The summed E-state index contributed by atoms with van der Waals surface area (Å²) in [4.78, 5) is 21.5. The number of aromatic nitrogens is 1. The molecule has 3 aliphatic rings. The summed E-state index contributed by atoms with van der Waals surface area (Å²) in [5.41, 5.74) is 2.55. The van der Waals surface area contributed by atoms with Crippen LogP contribution >= 0.6 is 22.9 Å². The first-order valence-corrected chi connectivity index (χ1v) is 11.6. The SMILES string of the molecule is Cc1nc(C(=O)N2CCC3CC2(CNc2ccc(Cl)cc2)C3)c(-c2ccccc2)s1. The van der Waals surface area contributed by atoms with E-state index in [1.807, 2.05) is 49.4 Å². The number of nitrogens with one attached hydrogen (secondary N) is 1. The number of hydrogen-bond donors (Lipinski definition) is 1. The van der Waals surface area contributed by atoms with Crippen LogP contribution in [0.3, 0.4) is 0 Å². The van der Waals surface area contributed by atoms with Gasteiger partial charge in [0.2, 0.25) is 0 Å². The molecule has 2 aliphatic heterocycles. The lowest BCUT2D eigenvalue weighted by Gasteiger charge is -2.59. The Labute approximate surface area is 185 Å². The van der Waals surface area contributed by atoms with E-state index >= 15 is 0 Å². The highest BCUT2D eigenvalue weighted by molar-refractivity contribution is 7.15. The van der Waals surface area contributed by atoms with Gasteiger partial charge >= 0.3 is 0 Å². The van der Waals surface area contributed by atoms with Gasteiger partial charge in [-0.25, -0.2) is 4.98 Å². The normalized spacial score (nSPS) is 22.5. The second kappa shape index (κ2) is 7.71. The Bertz CT molecular complexity index is 1060. The van der Waals surface area contributed by atoms with Gasteiger partial charge in [0.15, 0.2) is 0 Å². The number of fused-ring (bicyclic) bond motifs is 2. The van der Waals surface area contributed by atoms with Gasteiger partial charge in [0, 0.05) is 23.8 Å². The maximum atomic E-state index is 13.7. The molecular formula is C24H24ClN3OS. The van der Waals surface area contributed by atoms with Crippen molar-refractivity contribution in [2.45, 2.75) is 31.7 Å². The van der Waals surface area contributed by atoms with Crippen molar-refractivity contribution in [3.63, 3.8) is 0 Å². The number of carbonyl (C=O) groups excluding carboxylic acids is 1. The largest absolute Gasteiger partial charge is 0.383 e. The van der Waals surface area contributed by atoms with Crippen LogP contribution in [0.15, 0.2) is 54.6 Å².